The summed E-state index contributed by atoms with van der Waals surface area (Å²) in [6.07, 6.45) is 6.21. The van der Waals surface area contributed by atoms with E-state index >= 15 is 0 Å². The molecule has 1 aliphatic carbocycles. The molecule has 1 atom stereocenters. The van der Waals surface area contributed by atoms with Gasteiger partial charge in [0.05, 0.1) is 5.56 Å². The van der Waals surface area contributed by atoms with Crippen LogP contribution >= 0.6 is 0 Å². The molecule has 2 heterocycles. The molecule has 1 aliphatic rings. The van der Waals surface area contributed by atoms with Crippen LogP contribution in [0.15, 0.2) is 36.7 Å². The Kier molecular flexibility index (Phi) is 3.18. The fourth-order valence-corrected chi connectivity index (χ4v) is 2.33. The van der Waals surface area contributed by atoms with Crippen LogP contribution in [0.1, 0.15) is 29.6 Å². The van der Waals surface area contributed by atoms with Crippen molar-refractivity contribution in [3.8, 4) is 0 Å². The van der Waals surface area contributed by atoms with Crippen LogP contribution in [0.5, 0.6) is 0 Å². The van der Waals surface area contributed by atoms with Gasteiger partial charge in [0.15, 0.2) is 0 Å². The Bertz CT molecular complexity index is 625. The third-order valence-electron chi connectivity index (χ3n) is 3.64. The smallest absolute Gasteiger partial charge is 0.326 e. The summed E-state index contributed by atoms with van der Waals surface area (Å²) in [4.78, 5) is 23.3. The van der Waals surface area contributed by atoms with E-state index < -0.39 is 12.0 Å². The van der Waals surface area contributed by atoms with Gasteiger partial charge in [0.25, 0.3) is 5.91 Å². The van der Waals surface area contributed by atoms with Gasteiger partial charge in [-0.1, -0.05) is 18.9 Å². The molecule has 1 amide bonds. The summed E-state index contributed by atoms with van der Waals surface area (Å²) in [6, 6.07) is 6.63. The molecular weight excluding hydrogens is 256 g/mol. The van der Waals surface area contributed by atoms with E-state index in [-0.39, 0.29) is 5.91 Å². The zero-order chi connectivity index (χ0) is 14.1. The molecule has 2 aromatic rings. The molecule has 2 aromatic heterocycles. The lowest BCUT2D eigenvalue weighted by Crippen LogP contribution is -2.41. The molecule has 1 saturated carbocycles. The highest BCUT2D eigenvalue weighted by molar-refractivity contribution is 5.97. The number of nitrogens with zero attached hydrogens (tertiary/aromatic N) is 1. The van der Waals surface area contributed by atoms with Crippen LogP contribution in [0.4, 0.5) is 0 Å². The zero-order valence-corrected chi connectivity index (χ0v) is 11.0. The second-order valence-corrected chi connectivity index (χ2v) is 5.30. The molecule has 5 nitrogen and oxygen atoms in total. The molecule has 3 rings (SSSR count). The van der Waals surface area contributed by atoms with Crippen molar-refractivity contribution in [2.24, 2.45) is 5.92 Å². The molecule has 5 heteroatoms. The maximum atomic E-state index is 12.1. The number of rotatable bonds is 5. The lowest BCUT2D eigenvalue weighted by atomic mass is 10.1. The van der Waals surface area contributed by atoms with Gasteiger partial charge in [-0.2, -0.15) is 0 Å². The molecule has 0 radical (unpaired) electrons. The Labute approximate surface area is 116 Å². The largest absolute Gasteiger partial charge is 0.480 e. The Morgan fingerprint density at radius 3 is 2.85 bits per heavy atom. The molecule has 0 saturated heterocycles. The van der Waals surface area contributed by atoms with E-state index in [0.29, 0.717) is 17.9 Å². The Morgan fingerprint density at radius 2 is 2.20 bits per heavy atom. The molecule has 1 unspecified atom stereocenters. The number of hydrogen-bond acceptors (Lipinski definition) is 2. The maximum absolute atomic E-state index is 12.1. The molecule has 20 heavy (non-hydrogen) atoms. The quantitative estimate of drug-likeness (QED) is 0.873. The van der Waals surface area contributed by atoms with E-state index in [4.69, 9.17) is 5.11 Å². The number of pyridine rings is 1. The fraction of sp³-hybridized carbons (Fsp3) is 0.333. The van der Waals surface area contributed by atoms with Gasteiger partial charge >= 0.3 is 5.97 Å². The van der Waals surface area contributed by atoms with E-state index in [0.717, 1.165) is 18.4 Å². The van der Waals surface area contributed by atoms with Crippen molar-refractivity contribution in [3.05, 3.63) is 42.2 Å². The number of hydrogen-bond donors (Lipinski definition) is 2. The molecule has 0 spiro atoms. The summed E-state index contributed by atoms with van der Waals surface area (Å²) in [6.45, 7) is 0. The number of carbonyl (C=O) groups is 2. The van der Waals surface area contributed by atoms with Crippen LogP contribution in [0.2, 0.25) is 0 Å². The average Bonchev–Trinajstić information content (AvgIpc) is 3.13. The highest BCUT2D eigenvalue weighted by Gasteiger charge is 2.30. The van der Waals surface area contributed by atoms with Gasteiger partial charge in [-0.3, -0.25) is 4.79 Å². The number of carbonyl (C=O) groups excluding carboxylic acids is 1. The number of nitrogens with one attached hydrogen (secondary N) is 1. The number of carboxylic acids is 1. The minimum absolute atomic E-state index is 0.332. The van der Waals surface area contributed by atoms with Crippen molar-refractivity contribution < 1.29 is 14.7 Å². The first-order valence-electron chi connectivity index (χ1n) is 6.74. The molecular formula is C15H16N2O3. The third kappa shape index (κ3) is 2.66. The summed E-state index contributed by atoms with van der Waals surface area (Å²) < 4.78 is 1.84. The summed E-state index contributed by atoms with van der Waals surface area (Å²) in [5, 5.41) is 11.8. The molecule has 2 N–H and O–H groups in total. The summed E-state index contributed by atoms with van der Waals surface area (Å²) in [5.41, 5.74) is 1.39. The van der Waals surface area contributed by atoms with Gasteiger partial charge < -0.3 is 14.8 Å². The van der Waals surface area contributed by atoms with Gasteiger partial charge in [-0.15, -0.1) is 0 Å². The first kappa shape index (κ1) is 12.7. The molecule has 0 aromatic carbocycles. The Balaban J connectivity index is 1.75. The average molecular weight is 272 g/mol. The Morgan fingerprint density at radius 1 is 1.40 bits per heavy atom. The maximum Gasteiger partial charge on any atom is 0.326 e. The summed E-state index contributed by atoms with van der Waals surface area (Å²) >= 11 is 0. The van der Waals surface area contributed by atoms with Crippen molar-refractivity contribution in [2.45, 2.75) is 25.3 Å². The summed E-state index contributed by atoms with van der Waals surface area (Å²) in [5.74, 6) is -0.847. The number of aromatic nitrogens is 1. The second kappa shape index (κ2) is 5.00. The fourth-order valence-electron chi connectivity index (χ4n) is 2.33. The van der Waals surface area contributed by atoms with Crippen molar-refractivity contribution in [3.63, 3.8) is 0 Å². The van der Waals surface area contributed by atoms with Gasteiger partial charge in [0, 0.05) is 17.9 Å². The number of carboxylic acid groups (broad SMARTS) is 1. The normalized spacial score (nSPS) is 16.0. The van der Waals surface area contributed by atoms with Crippen molar-refractivity contribution in [1.29, 1.82) is 0 Å². The van der Waals surface area contributed by atoms with Gasteiger partial charge in [-0.05, 0) is 30.5 Å². The van der Waals surface area contributed by atoms with Crippen molar-refractivity contribution in [2.75, 3.05) is 0 Å². The van der Waals surface area contributed by atoms with Crippen LogP contribution in [-0.2, 0) is 4.79 Å². The van der Waals surface area contributed by atoms with Gasteiger partial charge in [0.2, 0.25) is 0 Å². The third-order valence-corrected chi connectivity index (χ3v) is 3.64. The number of aliphatic carboxylic acids is 1. The lowest BCUT2D eigenvalue weighted by molar-refractivity contribution is -0.139. The van der Waals surface area contributed by atoms with Crippen LogP contribution in [0, 0.1) is 5.92 Å². The zero-order valence-electron chi connectivity index (χ0n) is 11.0. The predicted octanol–water partition coefficient (Wildman–Crippen LogP) is 1.92. The van der Waals surface area contributed by atoms with Gasteiger partial charge in [-0.25, -0.2) is 4.79 Å². The first-order chi connectivity index (χ1) is 9.63. The number of fused-ring (bicyclic) bond motifs is 1. The van der Waals surface area contributed by atoms with Crippen LogP contribution in [0.25, 0.3) is 5.52 Å². The number of amides is 1. The first-order valence-corrected chi connectivity index (χ1v) is 6.74. The highest BCUT2D eigenvalue weighted by atomic mass is 16.4. The van der Waals surface area contributed by atoms with Crippen LogP contribution in [-0.4, -0.2) is 27.4 Å². The van der Waals surface area contributed by atoms with E-state index in [1.165, 1.54) is 0 Å². The van der Waals surface area contributed by atoms with E-state index in [2.05, 4.69) is 5.32 Å². The van der Waals surface area contributed by atoms with Crippen molar-refractivity contribution >= 4 is 17.4 Å². The summed E-state index contributed by atoms with van der Waals surface area (Å²) in [7, 11) is 0. The predicted molar refractivity (Wildman–Crippen MR) is 73.6 cm³/mol. The van der Waals surface area contributed by atoms with E-state index in [9.17, 15) is 9.59 Å². The standard InChI is InChI=1S/C15H16N2O3/c18-14(16-13(15(19)20)7-10-4-5-10)11-8-12-3-1-2-6-17(12)9-11/h1-3,6,8-10,13H,4-5,7H2,(H,16,18)(H,19,20). The van der Waals surface area contributed by atoms with E-state index in [1.807, 2.05) is 28.8 Å². The van der Waals surface area contributed by atoms with Crippen LogP contribution < -0.4 is 5.32 Å². The van der Waals surface area contributed by atoms with Crippen LogP contribution in [0.3, 0.4) is 0 Å². The highest BCUT2D eigenvalue weighted by Crippen LogP contribution is 2.33. The topological polar surface area (TPSA) is 70.8 Å². The van der Waals surface area contributed by atoms with Crippen molar-refractivity contribution in [1.82, 2.24) is 9.72 Å². The monoisotopic (exact) mass is 272 g/mol. The Hall–Kier alpha value is -2.30. The SMILES string of the molecule is O=C(NC(CC1CC1)C(=O)O)c1cc2ccccn2c1. The van der Waals surface area contributed by atoms with E-state index in [1.54, 1.807) is 12.3 Å². The second-order valence-electron chi connectivity index (χ2n) is 5.30. The van der Waals surface area contributed by atoms with Gasteiger partial charge in [0.1, 0.15) is 6.04 Å². The lowest BCUT2D eigenvalue weighted by Gasteiger charge is -2.13. The molecule has 0 aliphatic heterocycles. The minimum Gasteiger partial charge on any atom is -0.480 e. The minimum atomic E-state index is -0.964. The molecule has 1 fully saturated rings. The molecule has 0 bridgehead atoms. The molecule has 104 valence electrons.